The van der Waals surface area contributed by atoms with Gasteiger partial charge in [-0.15, -0.1) is 0 Å². The zero-order chi connectivity index (χ0) is 23.8. The summed E-state index contributed by atoms with van der Waals surface area (Å²) < 4.78 is 5.74. The van der Waals surface area contributed by atoms with Crippen molar-refractivity contribution in [3.63, 3.8) is 0 Å². The summed E-state index contributed by atoms with van der Waals surface area (Å²) in [6.45, 7) is 1.44. The van der Waals surface area contributed by atoms with E-state index in [0.29, 0.717) is 11.6 Å². The molecule has 4 rings (SSSR count). The molecule has 3 aromatic carbocycles. The van der Waals surface area contributed by atoms with Crippen molar-refractivity contribution < 1.29 is 14.3 Å². The molecule has 0 saturated carbocycles. The van der Waals surface area contributed by atoms with E-state index in [4.69, 9.17) is 4.74 Å². The zero-order valence-corrected chi connectivity index (χ0v) is 18.7. The Morgan fingerprint density at radius 3 is 1.97 bits per heavy atom. The first kappa shape index (κ1) is 22.7. The van der Waals surface area contributed by atoms with E-state index in [2.05, 4.69) is 10.3 Å². The van der Waals surface area contributed by atoms with Crippen LogP contribution in [-0.2, 0) is 9.59 Å². The van der Waals surface area contributed by atoms with Crippen molar-refractivity contribution in [1.29, 1.82) is 0 Å². The quantitative estimate of drug-likeness (QED) is 0.280. The molecule has 0 bridgehead atoms. The first-order valence-corrected chi connectivity index (χ1v) is 10.9. The Labute approximate surface area is 198 Å². The van der Waals surface area contributed by atoms with Gasteiger partial charge in [0.1, 0.15) is 17.5 Å². The maximum Gasteiger partial charge on any atom is 0.323 e. The summed E-state index contributed by atoms with van der Waals surface area (Å²) >= 11 is 0. The maximum atomic E-state index is 13.1. The smallest absolute Gasteiger partial charge is 0.323 e. The fraction of sp³-hybridized carbons (Fsp3) is 0.0690. The lowest BCUT2D eigenvalue weighted by molar-refractivity contribution is -0.135. The van der Waals surface area contributed by atoms with Crippen molar-refractivity contribution in [3.05, 3.63) is 126 Å². The predicted octanol–water partition coefficient (Wildman–Crippen LogP) is 5.95. The highest BCUT2D eigenvalue weighted by Gasteiger charge is 2.24. The summed E-state index contributed by atoms with van der Waals surface area (Å²) in [7, 11) is 0. The molecule has 0 aliphatic rings. The van der Waals surface area contributed by atoms with Crippen LogP contribution in [0.4, 0.5) is 5.82 Å². The van der Waals surface area contributed by atoms with Gasteiger partial charge in [-0.1, -0.05) is 84.9 Å². The summed E-state index contributed by atoms with van der Waals surface area (Å²) in [6, 6.07) is 30.2. The van der Waals surface area contributed by atoms with Crippen LogP contribution in [0.3, 0.4) is 0 Å². The number of ether oxygens (including phenoxy) is 1. The second-order valence-electron chi connectivity index (χ2n) is 7.73. The van der Waals surface area contributed by atoms with Gasteiger partial charge in [0.05, 0.1) is 0 Å². The monoisotopic (exact) mass is 448 g/mol. The lowest BCUT2D eigenvalue weighted by Crippen LogP contribution is -2.20. The average molecular weight is 449 g/mol. The van der Waals surface area contributed by atoms with Gasteiger partial charge in [-0.25, -0.2) is 4.98 Å². The van der Waals surface area contributed by atoms with Crippen molar-refractivity contribution in [1.82, 2.24) is 4.98 Å². The van der Waals surface area contributed by atoms with E-state index < -0.39 is 5.92 Å². The highest BCUT2D eigenvalue weighted by atomic mass is 16.5. The van der Waals surface area contributed by atoms with Crippen LogP contribution in [0.25, 0.3) is 12.2 Å². The van der Waals surface area contributed by atoms with E-state index in [0.717, 1.165) is 22.3 Å². The van der Waals surface area contributed by atoms with Gasteiger partial charge in [-0.05, 0) is 46.5 Å². The van der Waals surface area contributed by atoms with Crippen molar-refractivity contribution in [2.45, 2.75) is 12.8 Å². The van der Waals surface area contributed by atoms with Gasteiger partial charge >= 0.3 is 5.97 Å². The van der Waals surface area contributed by atoms with Crippen LogP contribution in [0, 0.1) is 0 Å². The van der Waals surface area contributed by atoms with E-state index >= 15 is 0 Å². The van der Waals surface area contributed by atoms with Crippen LogP contribution in [-0.4, -0.2) is 16.9 Å². The van der Waals surface area contributed by atoms with Crippen LogP contribution in [0.15, 0.2) is 103 Å². The molecule has 0 aliphatic heterocycles. The van der Waals surface area contributed by atoms with Gasteiger partial charge < -0.3 is 10.1 Å². The van der Waals surface area contributed by atoms with E-state index in [1.54, 1.807) is 24.4 Å². The molecule has 5 heteroatoms. The van der Waals surface area contributed by atoms with Crippen molar-refractivity contribution in [2.24, 2.45) is 0 Å². The number of hydrogen-bond donors (Lipinski definition) is 1. The average Bonchev–Trinajstić information content (AvgIpc) is 2.85. The van der Waals surface area contributed by atoms with E-state index in [1.807, 2.05) is 91.0 Å². The lowest BCUT2D eigenvalue weighted by Gasteiger charge is -2.17. The number of anilines is 1. The summed E-state index contributed by atoms with van der Waals surface area (Å²) in [5.74, 6) is -0.0193. The molecule has 1 heterocycles. The van der Waals surface area contributed by atoms with Gasteiger partial charge in [-0.2, -0.15) is 0 Å². The molecule has 1 amide bonds. The van der Waals surface area contributed by atoms with Gasteiger partial charge in [0.2, 0.25) is 5.91 Å². The molecular formula is C29H24N2O3. The minimum Gasteiger partial charge on any atom is -0.426 e. The van der Waals surface area contributed by atoms with Crippen LogP contribution in [0.1, 0.15) is 35.1 Å². The third-order valence-corrected chi connectivity index (χ3v) is 5.16. The first-order valence-electron chi connectivity index (χ1n) is 10.9. The minimum atomic E-state index is -0.508. The topological polar surface area (TPSA) is 68.3 Å². The molecule has 1 N–H and O–H groups in total. The Bertz CT molecular complexity index is 1240. The number of amides is 1. The summed E-state index contributed by atoms with van der Waals surface area (Å²) in [5.41, 5.74) is 3.62. The third-order valence-electron chi connectivity index (χ3n) is 5.16. The van der Waals surface area contributed by atoms with Crippen molar-refractivity contribution in [3.8, 4) is 5.75 Å². The standard InChI is InChI=1S/C29H24N2O3/c1-21(32)31-27-20-23(18-19-30-27)13-12-22-14-16-26(17-15-22)34-29(33)28(24-8-4-2-5-9-24)25-10-6-3-7-11-25/h2-20,28H,1H3,(H,30,31,32)/b13-12+. The molecule has 0 fully saturated rings. The molecule has 0 radical (unpaired) electrons. The fourth-order valence-corrected chi connectivity index (χ4v) is 3.57. The minimum absolute atomic E-state index is 0.166. The number of carbonyl (C=O) groups excluding carboxylic acids is 2. The molecule has 4 aromatic rings. The van der Waals surface area contributed by atoms with Gasteiger partial charge in [0, 0.05) is 13.1 Å². The Morgan fingerprint density at radius 2 is 1.38 bits per heavy atom. The molecule has 0 spiro atoms. The second-order valence-corrected chi connectivity index (χ2v) is 7.73. The van der Waals surface area contributed by atoms with Gasteiger partial charge in [0.15, 0.2) is 0 Å². The number of aromatic nitrogens is 1. The molecule has 0 unspecified atom stereocenters. The third kappa shape index (κ3) is 6.04. The number of esters is 1. The number of hydrogen-bond acceptors (Lipinski definition) is 4. The van der Waals surface area contributed by atoms with E-state index in [9.17, 15) is 9.59 Å². The molecule has 1 aromatic heterocycles. The highest BCUT2D eigenvalue weighted by Crippen LogP contribution is 2.27. The highest BCUT2D eigenvalue weighted by molar-refractivity contribution is 5.88. The molecular weight excluding hydrogens is 424 g/mol. The van der Waals surface area contributed by atoms with Crippen LogP contribution in [0.2, 0.25) is 0 Å². The fourth-order valence-electron chi connectivity index (χ4n) is 3.57. The Morgan fingerprint density at radius 1 is 0.794 bits per heavy atom. The lowest BCUT2D eigenvalue weighted by atomic mass is 9.91. The predicted molar refractivity (Wildman–Crippen MR) is 134 cm³/mol. The Kier molecular flexibility index (Phi) is 7.25. The molecule has 0 saturated heterocycles. The largest absolute Gasteiger partial charge is 0.426 e. The van der Waals surface area contributed by atoms with Gasteiger partial charge in [-0.3, -0.25) is 9.59 Å². The second kappa shape index (κ2) is 10.9. The molecule has 34 heavy (non-hydrogen) atoms. The van der Waals surface area contributed by atoms with E-state index in [-0.39, 0.29) is 11.9 Å². The number of nitrogens with zero attached hydrogens (tertiary/aromatic N) is 1. The summed E-state index contributed by atoms with van der Waals surface area (Å²) in [6.07, 6.45) is 5.51. The first-order chi connectivity index (χ1) is 16.6. The van der Waals surface area contributed by atoms with Crippen LogP contribution >= 0.6 is 0 Å². The molecule has 168 valence electrons. The normalized spacial score (nSPS) is 10.9. The Hall–Kier alpha value is -4.51. The molecule has 0 atom stereocenters. The number of nitrogens with one attached hydrogen (secondary N) is 1. The maximum absolute atomic E-state index is 13.1. The molecule has 5 nitrogen and oxygen atoms in total. The van der Waals surface area contributed by atoms with Crippen molar-refractivity contribution in [2.75, 3.05) is 5.32 Å². The number of carbonyl (C=O) groups is 2. The van der Waals surface area contributed by atoms with E-state index in [1.165, 1.54) is 6.92 Å². The SMILES string of the molecule is CC(=O)Nc1cc(/C=C/c2ccc(OC(=O)C(c3ccccc3)c3ccccc3)cc2)ccn1. The molecule has 0 aliphatic carbocycles. The van der Waals surface area contributed by atoms with Gasteiger partial charge in [0.25, 0.3) is 0 Å². The Balaban J connectivity index is 1.47. The zero-order valence-electron chi connectivity index (χ0n) is 18.7. The number of pyridine rings is 1. The summed E-state index contributed by atoms with van der Waals surface area (Å²) in [4.78, 5) is 28.5. The van der Waals surface area contributed by atoms with Crippen LogP contribution < -0.4 is 10.1 Å². The van der Waals surface area contributed by atoms with Crippen LogP contribution in [0.5, 0.6) is 5.75 Å². The number of rotatable bonds is 7. The summed E-state index contributed by atoms with van der Waals surface area (Å²) in [5, 5.41) is 2.67. The van der Waals surface area contributed by atoms with Crippen molar-refractivity contribution >= 4 is 29.8 Å². The number of benzene rings is 3.